The zero-order valence-corrected chi connectivity index (χ0v) is 12.4. The zero-order valence-electron chi connectivity index (χ0n) is 12.4. The van der Waals surface area contributed by atoms with E-state index in [-0.39, 0.29) is 0 Å². The summed E-state index contributed by atoms with van der Waals surface area (Å²) >= 11 is 0. The molecule has 1 aliphatic heterocycles. The number of aromatic nitrogens is 2. The van der Waals surface area contributed by atoms with Crippen molar-refractivity contribution in [3.05, 3.63) is 48.1 Å². The van der Waals surface area contributed by atoms with E-state index in [9.17, 15) is 0 Å². The van der Waals surface area contributed by atoms with Gasteiger partial charge in [0.2, 0.25) is 0 Å². The third-order valence-corrected chi connectivity index (χ3v) is 3.21. The van der Waals surface area contributed by atoms with Crippen molar-refractivity contribution >= 4 is 11.4 Å². The molecular formula is C15H21N5. The second-order valence-corrected chi connectivity index (χ2v) is 5.02. The molecular weight excluding hydrogens is 250 g/mol. The molecule has 0 saturated heterocycles. The summed E-state index contributed by atoms with van der Waals surface area (Å²) in [5.41, 5.74) is 7.53. The number of H-pyrrole nitrogens is 1. The summed E-state index contributed by atoms with van der Waals surface area (Å²) in [7, 11) is 1.76. The third kappa shape index (κ3) is 2.66. The number of hydrazine groups is 1. The lowest BCUT2D eigenvalue weighted by Crippen LogP contribution is -2.41. The summed E-state index contributed by atoms with van der Waals surface area (Å²) in [4.78, 5) is 4.16. The molecule has 1 aliphatic rings. The molecule has 0 radical (unpaired) electrons. The van der Waals surface area contributed by atoms with Crippen LogP contribution in [0.5, 0.6) is 0 Å². The Kier molecular flexibility index (Phi) is 4.08. The highest BCUT2D eigenvalue weighted by Gasteiger charge is 2.23. The third-order valence-electron chi connectivity index (χ3n) is 3.21. The van der Waals surface area contributed by atoms with Crippen molar-refractivity contribution in [1.29, 1.82) is 0 Å². The van der Waals surface area contributed by atoms with Crippen LogP contribution < -0.4 is 5.43 Å². The van der Waals surface area contributed by atoms with Gasteiger partial charge in [-0.25, -0.2) is 0 Å². The number of aromatic amines is 1. The molecule has 0 saturated carbocycles. The quantitative estimate of drug-likeness (QED) is 0.656. The molecule has 1 aromatic rings. The molecule has 0 aliphatic carbocycles. The van der Waals surface area contributed by atoms with Gasteiger partial charge in [0, 0.05) is 24.4 Å². The highest BCUT2D eigenvalue weighted by atomic mass is 15.5. The van der Waals surface area contributed by atoms with Gasteiger partial charge in [0.05, 0.1) is 17.6 Å². The standard InChI is InChI=1S/C15H21N5/c1-10(2)15-14(13-8-17-18-9-13)7-6-11(3)20(15)19-12(4)16-5/h6-10H,3H2,1-2,4-5H3,(H,16,19)(H,17,18). The van der Waals surface area contributed by atoms with Crippen LogP contribution in [0, 0.1) is 5.92 Å². The summed E-state index contributed by atoms with van der Waals surface area (Å²) in [5, 5.41) is 8.89. The monoisotopic (exact) mass is 271 g/mol. The normalized spacial score (nSPS) is 16.4. The Morgan fingerprint density at radius 1 is 1.45 bits per heavy atom. The Morgan fingerprint density at radius 3 is 2.75 bits per heavy atom. The molecule has 0 unspecified atom stereocenters. The number of aliphatic imine (C=N–C) groups is 1. The van der Waals surface area contributed by atoms with E-state index >= 15 is 0 Å². The van der Waals surface area contributed by atoms with E-state index in [1.807, 2.05) is 30.4 Å². The highest BCUT2D eigenvalue weighted by Crippen LogP contribution is 2.32. The van der Waals surface area contributed by atoms with Crippen LogP contribution in [0.15, 0.2) is 47.5 Å². The van der Waals surface area contributed by atoms with Gasteiger partial charge in [0.15, 0.2) is 0 Å². The van der Waals surface area contributed by atoms with Gasteiger partial charge in [0.1, 0.15) is 5.84 Å². The topological polar surface area (TPSA) is 56.3 Å². The van der Waals surface area contributed by atoms with Gasteiger partial charge in [-0.15, -0.1) is 0 Å². The number of hydrogen-bond donors (Lipinski definition) is 2. The van der Waals surface area contributed by atoms with Crippen molar-refractivity contribution in [2.45, 2.75) is 20.8 Å². The Hall–Kier alpha value is -2.30. The van der Waals surface area contributed by atoms with Crippen LogP contribution >= 0.6 is 0 Å². The summed E-state index contributed by atoms with van der Waals surface area (Å²) in [6, 6.07) is 0. The van der Waals surface area contributed by atoms with Crippen molar-refractivity contribution < 1.29 is 0 Å². The van der Waals surface area contributed by atoms with Gasteiger partial charge in [0.25, 0.3) is 0 Å². The van der Waals surface area contributed by atoms with Crippen molar-refractivity contribution in [2.24, 2.45) is 10.9 Å². The first kappa shape index (κ1) is 14.1. The Labute approximate surface area is 119 Å². The van der Waals surface area contributed by atoms with Crippen molar-refractivity contribution in [1.82, 2.24) is 20.6 Å². The maximum absolute atomic E-state index is 4.16. The van der Waals surface area contributed by atoms with E-state index in [1.54, 1.807) is 7.05 Å². The van der Waals surface area contributed by atoms with Gasteiger partial charge >= 0.3 is 0 Å². The van der Waals surface area contributed by atoms with Crippen molar-refractivity contribution in [3.63, 3.8) is 0 Å². The predicted octanol–water partition coefficient (Wildman–Crippen LogP) is 2.72. The van der Waals surface area contributed by atoms with E-state index in [1.165, 1.54) is 0 Å². The molecule has 20 heavy (non-hydrogen) atoms. The number of allylic oxidation sites excluding steroid dienone is 4. The minimum Gasteiger partial charge on any atom is -0.285 e. The minimum atomic E-state index is 0.332. The molecule has 1 aromatic heterocycles. The van der Waals surface area contributed by atoms with Gasteiger partial charge in [-0.2, -0.15) is 5.10 Å². The van der Waals surface area contributed by atoms with E-state index in [0.717, 1.165) is 28.4 Å². The number of amidine groups is 1. The molecule has 0 fully saturated rings. The molecule has 2 rings (SSSR count). The van der Waals surface area contributed by atoms with Gasteiger partial charge in [-0.05, 0) is 18.9 Å². The summed E-state index contributed by atoms with van der Waals surface area (Å²) in [5.74, 6) is 1.17. The van der Waals surface area contributed by atoms with Crippen molar-refractivity contribution in [3.8, 4) is 0 Å². The van der Waals surface area contributed by atoms with E-state index < -0.39 is 0 Å². The van der Waals surface area contributed by atoms with Crippen LogP contribution in [0.25, 0.3) is 5.57 Å². The fourth-order valence-corrected chi connectivity index (χ4v) is 2.17. The first-order valence-electron chi connectivity index (χ1n) is 6.65. The van der Waals surface area contributed by atoms with Gasteiger partial charge in [-0.1, -0.05) is 26.5 Å². The van der Waals surface area contributed by atoms with Crippen LogP contribution in [0.1, 0.15) is 26.3 Å². The number of rotatable bonds is 3. The minimum absolute atomic E-state index is 0.332. The molecule has 0 amide bonds. The van der Waals surface area contributed by atoms with Crippen LogP contribution in [-0.2, 0) is 0 Å². The molecule has 2 N–H and O–H groups in total. The fourth-order valence-electron chi connectivity index (χ4n) is 2.17. The zero-order chi connectivity index (χ0) is 14.7. The maximum Gasteiger partial charge on any atom is 0.112 e. The number of nitrogens with zero attached hydrogens (tertiary/aromatic N) is 3. The summed E-state index contributed by atoms with van der Waals surface area (Å²) in [6.07, 6.45) is 7.80. The molecule has 5 nitrogen and oxygen atoms in total. The lowest BCUT2D eigenvalue weighted by Gasteiger charge is -2.35. The molecule has 0 aromatic carbocycles. The molecule has 0 spiro atoms. The molecule has 0 atom stereocenters. The number of hydrogen-bond acceptors (Lipinski definition) is 3. The van der Waals surface area contributed by atoms with E-state index in [4.69, 9.17) is 0 Å². The Bertz CT molecular complexity index is 575. The van der Waals surface area contributed by atoms with Crippen molar-refractivity contribution in [2.75, 3.05) is 7.05 Å². The fraction of sp³-hybridized carbons (Fsp3) is 0.333. The largest absolute Gasteiger partial charge is 0.285 e. The first-order valence-corrected chi connectivity index (χ1v) is 6.65. The van der Waals surface area contributed by atoms with Crippen LogP contribution in [0.2, 0.25) is 0 Å². The molecule has 5 heteroatoms. The maximum atomic E-state index is 4.16. The van der Waals surface area contributed by atoms with Crippen LogP contribution in [-0.4, -0.2) is 28.1 Å². The van der Waals surface area contributed by atoms with E-state index in [0.29, 0.717) is 5.92 Å². The molecule has 106 valence electrons. The van der Waals surface area contributed by atoms with Crippen LogP contribution in [0.3, 0.4) is 0 Å². The van der Waals surface area contributed by atoms with Gasteiger partial charge in [-0.3, -0.25) is 20.5 Å². The predicted molar refractivity (Wildman–Crippen MR) is 82.6 cm³/mol. The average Bonchev–Trinajstić information content (AvgIpc) is 2.94. The Balaban J connectivity index is 2.49. The lowest BCUT2D eigenvalue weighted by atomic mass is 9.96. The van der Waals surface area contributed by atoms with E-state index in [2.05, 4.69) is 47.1 Å². The summed E-state index contributed by atoms with van der Waals surface area (Å²) in [6.45, 7) is 10.4. The smallest absolute Gasteiger partial charge is 0.112 e. The highest BCUT2D eigenvalue weighted by molar-refractivity contribution is 5.82. The summed E-state index contributed by atoms with van der Waals surface area (Å²) < 4.78 is 0. The van der Waals surface area contributed by atoms with Crippen LogP contribution in [0.4, 0.5) is 0 Å². The second-order valence-electron chi connectivity index (χ2n) is 5.02. The molecule has 0 bridgehead atoms. The lowest BCUT2D eigenvalue weighted by molar-refractivity contribution is 0.353. The SMILES string of the molecule is C=C1C=CC(c2cn[nH]c2)=C(C(C)C)N1NC(C)=NC. The average molecular weight is 271 g/mol. The number of nitrogens with one attached hydrogen (secondary N) is 2. The van der Waals surface area contributed by atoms with Gasteiger partial charge < -0.3 is 0 Å². The Morgan fingerprint density at radius 2 is 2.20 bits per heavy atom. The first-order chi connectivity index (χ1) is 9.54. The second kappa shape index (κ2) is 5.77. The molecule has 2 heterocycles.